The fourth-order valence-corrected chi connectivity index (χ4v) is 4.46. The summed E-state index contributed by atoms with van der Waals surface area (Å²) in [5.41, 5.74) is 0.451. The Morgan fingerprint density at radius 2 is 1.76 bits per heavy atom. The molecule has 0 aliphatic rings. The van der Waals surface area contributed by atoms with Crippen molar-refractivity contribution >= 4 is 38.6 Å². The number of para-hydroxylation sites is 1. The van der Waals surface area contributed by atoms with Gasteiger partial charge in [0.05, 0.1) is 17.9 Å². The van der Waals surface area contributed by atoms with E-state index >= 15 is 0 Å². The van der Waals surface area contributed by atoms with Gasteiger partial charge >= 0.3 is 0 Å². The predicted molar refractivity (Wildman–Crippen MR) is 110 cm³/mol. The van der Waals surface area contributed by atoms with E-state index in [0.29, 0.717) is 12.1 Å². The third-order valence-electron chi connectivity index (χ3n) is 3.96. The molecule has 3 aromatic rings. The van der Waals surface area contributed by atoms with Crippen molar-refractivity contribution in [2.75, 3.05) is 4.72 Å². The molecule has 0 spiro atoms. The Labute approximate surface area is 171 Å². The zero-order valence-electron chi connectivity index (χ0n) is 15.1. The normalized spacial score (nSPS) is 11.0. The highest BCUT2D eigenvalue weighted by Gasteiger charge is 2.25. The number of nitro groups is 1. The standard InChI is InChI=1S/C19H17N3O5S2/c23-19(20-13-16-4-3-11-28-16)12-14-7-9-15(10-8-14)21-29(26,27)18-6-2-1-5-17(18)22(24)25/h1-11,21H,12-13H2,(H,20,23). The SMILES string of the molecule is O=C(Cc1ccc(NS(=O)(=O)c2ccccc2[N+](=O)[O-])cc1)NCc1cccs1. The number of nitrogens with one attached hydrogen (secondary N) is 2. The van der Waals surface area contributed by atoms with Crippen molar-refractivity contribution in [2.24, 2.45) is 0 Å². The lowest BCUT2D eigenvalue weighted by Crippen LogP contribution is -2.24. The second-order valence-electron chi connectivity index (χ2n) is 6.06. The number of carbonyl (C=O) groups excluding carboxylic acids is 1. The van der Waals surface area contributed by atoms with E-state index in [-0.39, 0.29) is 18.0 Å². The first-order valence-corrected chi connectivity index (χ1v) is 10.9. The van der Waals surface area contributed by atoms with E-state index in [2.05, 4.69) is 10.0 Å². The van der Waals surface area contributed by atoms with Crippen molar-refractivity contribution in [1.82, 2.24) is 5.32 Å². The van der Waals surface area contributed by atoms with Crippen LogP contribution in [0.4, 0.5) is 11.4 Å². The molecule has 1 heterocycles. The molecule has 0 unspecified atom stereocenters. The maximum Gasteiger partial charge on any atom is 0.289 e. The molecular weight excluding hydrogens is 414 g/mol. The molecule has 1 aromatic heterocycles. The van der Waals surface area contributed by atoms with E-state index in [4.69, 9.17) is 0 Å². The van der Waals surface area contributed by atoms with Crippen LogP contribution >= 0.6 is 11.3 Å². The summed E-state index contributed by atoms with van der Waals surface area (Å²) in [5.74, 6) is -0.147. The van der Waals surface area contributed by atoms with Crippen LogP contribution in [0.3, 0.4) is 0 Å². The summed E-state index contributed by atoms with van der Waals surface area (Å²) in [5, 5.41) is 15.8. The molecule has 10 heteroatoms. The van der Waals surface area contributed by atoms with E-state index < -0.39 is 25.5 Å². The highest BCUT2D eigenvalue weighted by Crippen LogP contribution is 2.25. The minimum atomic E-state index is -4.13. The summed E-state index contributed by atoms with van der Waals surface area (Å²) in [6.07, 6.45) is 0.155. The number of thiophene rings is 1. The topological polar surface area (TPSA) is 118 Å². The zero-order chi connectivity index (χ0) is 20.9. The minimum absolute atomic E-state index is 0.147. The molecular formula is C19H17N3O5S2. The summed E-state index contributed by atoms with van der Waals surface area (Å²) in [6, 6.07) is 15.2. The largest absolute Gasteiger partial charge is 0.351 e. The number of hydrogen-bond donors (Lipinski definition) is 2. The summed E-state index contributed by atoms with van der Waals surface area (Å²) in [7, 11) is -4.13. The van der Waals surface area contributed by atoms with E-state index in [0.717, 1.165) is 10.9 Å². The van der Waals surface area contributed by atoms with Gasteiger partial charge in [0, 0.05) is 16.6 Å². The smallest absolute Gasteiger partial charge is 0.289 e. The second-order valence-corrected chi connectivity index (χ2v) is 8.74. The number of anilines is 1. The first kappa shape index (κ1) is 20.5. The first-order valence-electron chi connectivity index (χ1n) is 8.49. The highest BCUT2D eigenvalue weighted by atomic mass is 32.2. The molecule has 3 rings (SSSR count). The van der Waals surface area contributed by atoms with Crippen LogP contribution in [0.25, 0.3) is 0 Å². The van der Waals surface area contributed by atoms with Crippen molar-refractivity contribution in [3.63, 3.8) is 0 Å². The molecule has 0 saturated carbocycles. The van der Waals surface area contributed by atoms with Crippen molar-refractivity contribution in [3.8, 4) is 0 Å². The maximum atomic E-state index is 12.5. The van der Waals surface area contributed by atoms with Gasteiger partial charge in [-0.25, -0.2) is 8.42 Å². The molecule has 2 N–H and O–H groups in total. The molecule has 150 valence electrons. The molecule has 0 atom stereocenters. The molecule has 0 aliphatic carbocycles. The van der Waals surface area contributed by atoms with Crippen LogP contribution in [-0.4, -0.2) is 19.2 Å². The van der Waals surface area contributed by atoms with Crippen molar-refractivity contribution in [2.45, 2.75) is 17.9 Å². The monoisotopic (exact) mass is 431 g/mol. The van der Waals surface area contributed by atoms with Crippen molar-refractivity contribution in [3.05, 3.63) is 86.6 Å². The maximum absolute atomic E-state index is 12.5. The van der Waals surface area contributed by atoms with Gasteiger partial charge in [-0.15, -0.1) is 11.3 Å². The fourth-order valence-electron chi connectivity index (χ4n) is 2.58. The van der Waals surface area contributed by atoms with Crippen molar-refractivity contribution < 1.29 is 18.1 Å². The fraction of sp³-hybridized carbons (Fsp3) is 0.105. The lowest BCUT2D eigenvalue weighted by molar-refractivity contribution is -0.387. The number of sulfonamides is 1. The Kier molecular flexibility index (Phi) is 6.25. The van der Waals surface area contributed by atoms with Crippen LogP contribution in [0.1, 0.15) is 10.4 Å². The molecule has 29 heavy (non-hydrogen) atoms. The van der Waals surface area contributed by atoms with Gasteiger partial charge < -0.3 is 5.32 Å². The number of nitrogens with zero attached hydrogens (tertiary/aromatic N) is 1. The summed E-state index contributed by atoms with van der Waals surface area (Å²) >= 11 is 1.56. The van der Waals surface area contributed by atoms with Crippen molar-refractivity contribution in [1.29, 1.82) is 0 Å². The zero-order valence-corrected chi connectivity index (χ0v) is 16.7. The molecule has 0 saturated heterocycles. The van der Waals surface area contributed by atoms with E-state index in [1.807, 2.05) is 17.5 Å². The van der Waals surface area contributed by atoms with Crippen LogP contribution < -0.4 is 10.0 Å². The quantitative estimate of drug-likeness (QED) is 0.419. The predicted octanol–water partition coefficient (Wildman–Crippen LogP) is 3.32. The van der Waals surface area contributed by atoms with Gasteiger partial charge in [-0.3, -0.25) is 19.6 Å². The minimum Gasteiger partial charge on any atom is -0.351 e. The molecule has 1 amide bonds. The molecule has 0 fully saturated rings. The molecule has 0 radical (unpaired) electrons. The first-order chi connectivity index (χ1) is 13.8. The van der Waals surface area contributed by atoms with Crippen LogP contribution in [0.15, 0.2) is 70.9 Å². The van der Waals surface area contributed by atoms with E-state index in [1.54, 1.807) is 23.5 Å². The lowest BCUT2D eigenvalue weighted by Gasteiger charge is -2.09. The number of rotatable bonds is 8. The number of amides is 1. The second kappa shape index (κ2) is 8.84. The molecule has 2 aromatic carbocycles. The van der Waals surface area contributed by atoms with Gasteiger partial charge in [0.25, 0.3) is 15.7 Å². The summed E-state index contributed by atoms with van der Waals surface area (Å²) in [6.45, 7) is 0.463. The highest BCUT2D eigenvalue weighted by molar-refractivity contribution is 7.92. The van der Waals surface area contributed by atoms with Crippen LogP contribution in [0.2, 0.25) is 0 Å². The third kappa shape index (κ3) is 5.39. The van der Waals surface area contributed by atoms with Gasteiger partial charge in [-0.1, -0.05) is 30.3 Å². The Balaban J connectivity index is 1.64. The Morgan fingerprint density at radius 1 is 1.03 bits per heavy atom. The van der Waals surface area contributed by atoms with Gasteiger partial charge in [0.15, 0.2) is 4.90 Å². The number of benzene rings is 2. The van der Waals surface area contributed by atoms with Gasteiger partial charge in [0.2, 0.25) is 5.91 Å². The lowest BCUT2D eigenvalue weighted by atomic mass is 10.1. The molecule has 8 nitrogen and oxygen atoms in total. The number of hydrogen-bond acceptors (Lipinski definition) is 6. The van der Waals surface area contributed by atoms with E-state index in [9.17, 15) is 23.3 Å². The van der Waals surface area contributed by atoms with Crippen LogP contribution in [0.5, 0.6) is 0 Å². The molecule has 0 aliphatic heterocycles. The van der Waals surface area contributed by atoms with Gasteiger partial charge in [-0.2, -0.15) is 0 Å². The van der Waals surface area contributed by atoms with Crippen LogP contribution in [0, 0.1) is 10.1 Å². The van der Waals surface area contributed by atoms with Gasteiger partial charge in [0.1, 0.15) is 0 Å². The van der Waals surface area contributed by atoms with Crippen LogP contribution in [-0.2, 0) is 27.8 Å². The average molecular weight is 431 g/mol. The summed E-state index contributed by atoms with van der Waals surface area (Å²) < 4.78 is 27.3. The summed E-state index contributed by atoms with van der Waals surface area (Å²) in [4.78, 5) is 23.0. The Bertz CT molecular complexity index is 1110. The van der Waals surface area contributed by atoms with E-state index in [1.165, 1.54) is 30.3 Å². The Morgan fingerprint density at radius 3 is 2.41 bits per heavy atom. The molecule has 0 bridgehead atoms. The third-order valence-corrected chi connectivity index (χ3v) is 6.27. The van der Waals surface area contributed by atoms with Gasteiger partial charge in [-0.05, 0) is 35.2 Å². The average Bonchev–Trinajstić information content (AvgIpc) is 3.21. The number of carbonyl (C=O) groups is 1. The Hall–Kier alpha value is -3.24. The number of nitro benzene ring substituents is 1.